The van der Waals surface area contributed by atoms with Crippen LogP contribution in [0.1, 0.15) is 29.8 Å². The fraction of sp³-hybridized carbons (Fsp3) is 0.211. The van der Waals surface area contributed by atoms with Crippen LogP contribution in [0.25, 0.3) is 0 Å². The van der Waals surface area contributed by atoms with E-state index in [0.29, 0.717) is 21.9 Å². The first-order chi connectivity index (χ1) is 12.2. The predicted molar refractivity (Wildman–Crippen MR) is 102 cm³/mol. The molecule has 2 rings (SSSR count). The first-order valence-electron chi connectivity index (χ1n) is 7.86. The number of aliphatic imine (C=N–C) groups is 1. The van der Waals surface area contributed by atoms with Gasteiger partial charge in [-0.15, -0.1) is 0 Å². The van der Waals surface area contributed by atoms with E-state index >= 15 is 0 Å². The summed E-state index contributed by atoms with van der Waals surface area (Å²) in [5.41, 5.74) is 5.37. The molecule has 2 aromatic rings. The highest BCUT2D eigenvalue weighted by atomic mass is 35.5. The molecule has 0 bridgehead atoms. The number of guanidine groups is 1. The number of benzene rings is 2. The second-order valence-corrected chi connectivity index (χ2v) is 6.47. The minimum absolute atomic E-state index is 0.00980. The number of halogens is 1. The molecule has 0 aliphatic carbocycles. The monoisotopic (exact) mass is 373 g/mol. The average molecular weight is 374 g/mol. The van der Waals surface area contributed by atoms with Crippen LogP contribution in [0.5, 0.6) is 5.75 Å². The molecule has 2 aromatic carbocycles. The molecule has 7 heteroatoms. The summed E-state index contributed by atoms with van der Waals surface area (Å²) in [6.07, 6.45) is 0. The van der Waals surface area contributed by atoms with Gasteiger partial charge in [-0.2, -0.15) is 0 Å². The van der Waals surface area contributed by atoms with Crippen LogP contribution in [0, 0.1) is 0 Å². The zero-order chi connectivity index (χ0) is 19.3. The molecule has 0 fully saturated rings. The highest BCUT2D eigenvalue weighted by Gasteiger charge is 2.30. The average Bonchev–Trinajstić information content (AvgIpc) is 2.62. The highest BCUT2D eigenvalue weighted by Crippen LogP contribution is 2.21. The summed E-state index contributed by atoms with van der Waals surface area (Å²) in [7, 11) is 1.47. The molecule has 0 aliphatic rings. The maximum atomic E-state index is 12.4. The minimum Gasteiger partial charge on any atom is -0.478 e. The number of hydrogen-bond donors (Lipinski definition) is 2. The van der Waals surface area contributed by atoms with Crippen LogP contribution < -0.4 is 15.8 Å². The lowest BCUT2D eigenvalue weighted by Gasteiger charge is -2.25. The molecule has 0 radical (unpaired) electrons. The Morgan fingerprint density at radius 1 is 1.04 bits per heavy atom. The zero-order valence-corrected chi connectivity index (χ0v) is 15.5. The van der Waals surface area contributed by atoms with Crippen LogP contribution in [0.4, 0.5) is 0 Å². The number of nitrogens with one attached hydrogen (secondary N) is 1. The van der Waals surface area contributed by atoms with Crippen molar-refractivity contribution < 1.29 is 14.3 Å². The molecule has 6 nitrogen and oxygen atoms in total. The third kappa shape index (κ3) is 4.83. The summed E-state index contributed by atoms with van der Waals surface area (Å²) < 4.78 is 5.71. The van der Waals surface area contributed by atoms with Crippen molar-refractivity contribution in [1.29, 1.82) is 0 Å². The number of hydrogen-bond acceptors (Lipinski definition) is 4. The van der Waals surface area contributed by atoms with Crippen molar-refractivity contribution in [2.24, 2.45) is 10.7 Å². The summed E-state index contributed by atoms with van der Waals surface area (Å²) in [5, 5.41) is 3.01. The second-order valence-electron chi connectivity index (χ2n) is 6.04. The van der Waals surface area contributed by atoms with Crippen molar-refractivity contribution in [3.05, 3.63) is 64.7 Å². The quantitative estimate of drug-likeness (QED) is 0.478. The summed E-state index contributed by atoms with van der Waals surface area (Å²) in [5.74, 6) is -0.0977. The Balaban J connectivity index is 2.10. The van der Waals surface area contributed by atoms with Crippen molar-refractivity contribution in [3.8, 4) is 5.75 Å². The maximum Gasteiger partial charge on any atom is 0.270 e. The summed E-state index contributed by atoms with van der Waals surface area (Å²) in [6.45, 7) is 3.22. The van der Waals surface area contributed by atoms with Crippen LogP contribution in [-0.4, -0.2) is 30.3 Å². The molecule has 0 spiro atoms. The molecule has 0 atom stereocenters. The Labute approximate surface area is 157 Å². The van der Waals surface area contributed by atoms with E-state index < -0.39 is 11.5 Å². The van der Waals surface area contributed by atoms with Gasteiger partial charge >= 0.3 is 0 Å². The lowest BCUT2D eigenvalue weighted by atomic mass is 10.0. The Bertz CT molecular complexity index is 828. The van der Waals surface area contributed by atoms with Crippen molar-refractivity contribution in [2.45, 2.75) is 19.4 Å². The van der Waals surface area contributed by atoms with Gasteiger partial charge in [-0.1, -0.05) is 11.6 Å². The van der Waals surface area contributed by atoms with Gasteiger partial charge in [-0.3, -0.25) is 19.9 Å². The number of carbonyl (C=O) groups excluding carboxylic acids is 2. The number of nitrogens with two attached hydrogens (primary N) is 1. The second kappa shape index (κ2) is 8.01. The molecule has 0 saturated carbocycles. The van der Waals surface area contributed by atoms with Gasteiger partial charge in [0.05, 0.1) is 0 Å². The largest absolute Gasteiger partial charge is 0.478 e. The van der Waals surface area contributed by atoms with Gasteiger partial charge in [-0.05, 0) is 62.4 Å². The molecule has 0 heterocycles. The SMILES string of the molecule is C/N=C(\N)NC(=O)C(C)(C)Oc1ccc(C(=O)c2ccc(Cl)cc2)cc1. The number of amides is 1. The van der Waals surface area contributed by atoms with Crippen molar-refractivity contribution in [1.82, 2.24) is 5.32 Å². The van der Waals surface area contributed by atoms with Crippen LogP contribution in [0.15, 0.2) is 53.5 Å². The molecule has 0 saturated heterocycles. The first kappa shape index (κ1) is 19.5. The van der Waals surface area contributed by atoms with Crippen molar-refractivity contribution >= 4 is 29.3 Å². The standard InChI is InChI=1S/C19H20ClN3O3/c1-19(2,17(25)23-18(21)22-3)26-15-10-6-13(7-11-15)16(24)12-4-8-14(20)9-5-12/h4-11H,1-3H3,(H3,21,22,23,25). The van der Waals surface area contributed by atoms with E-state index in [9.17, 15) is 9.59 Å². The highest BCUT2D eigenvalue weighted by molar-refractivity contribution is 6.30. The number of ether oxygens (including phenoxy) is 1. The lowest BCUT2D eigenvalue weighted by Crippen LogP contribution is -2.50. The fourth-order valence-corrected chi connectivity index (χ4v) is 2.23. The van der Waals surface area contributed by atoms with Gasteiger partial charge in [0.25, 0.3) is 5.91 Å². The van der Waals surface area contributed by atoms with E-state index in [1.165, 1.54) is 7.05 Å². The first-order valence-corrected chi connectivity index (χ1v) is 8.24. The topological polar surface area (TPSA) is 93.8 Å². The van der Waals surface area contributed by atoms with E-state index in [-0.39, 0.29) is 11.7 Å². The zero-order valence-electron chi connectivity index (χ0n) is 14.7. The van der Waals surface area contributed by atoms with E-state index in [4.69, 9.17) is 22.1 Å². The van der Waals surface area contributed by atoms with Gasteiger partial charge in [-0.25, -0.2) is 0 Å². The Morgan fingerprint density at radius 3 is 2.04 bits per heavy atom. The van der Waals surface area contributed by atoms with Crippen molar-refractivity contribution in [3.63, 3.8) is 0 Å². The summed E-state index contributed by atoms with van der Waals surface area (Å²) in [4.78, 5) is 28.3. The third-order valence-corrected chi connectivity index (χ3v) is 3.88. The maximum absolute atomic E-state index is 12.4. The number of nitrogens with zero attached hydrogens (tertiary/aromatic N) is 1. The molecule has 0 unspecified atom stereocenters. The Morgan fingerprint density at radius 2 is 1.54 bits per heavy atom. The van der Waals surface area contributed by atoms with Gasteiger partial charge in [0.15, 0.2) is 17.3 Å². The van der Waals surface area contributed by atoms with Crippen LogP contribution in [-0.2, 0) is 4.79 Å². The summed E-state index contributed by atoms with van der Waals surface area (Å²) >= 11 is 5.84. The van der Waals surface area contributed by atoms with E-state index in [1.807, 2.05) is 0 Å². The third-order valence-electron chi connectivity index (χ3n) is 3.63. The van der Waals surface area contributed by atoms with Crippen LogP contribution >= 0.6 is 11.6 Å². The summed E-state index contributed by atoms with van der Waals surface area (Å²) in [6, 6.07) is 13.2. The molecule has 0 aromatic heterocycles. The van der Waals surface area contributed by atoms with Crippen LogP contribution in [0.3, 0.4) is 0 Å². The van der Waals surface area contributed by atoms with E-state index in [2.05, 4.69) is 10.3 Å². The predicted octanol–water partition coefficient (Wildman–Crippen LogP) is 2.79. The normalized spacial score (nSPS) is 11.8. The molecule has 0 aliphatic heterocycles. The Kier molecular flexibility index (Phi) is 6.00. The minimum atomic E-state index is -1.17. The van der Waals surface area contributed by atoms with Gasteiger partial charge in [0.1, 0.15) is 5.75 Å². The molecule has 1 amide bonds. The van der Waals surface area contributed by atoms with Crippen molar-refractivity contribution in [2.75, 3.05) is 7.05 Å². The van der Waals surface area contributed by atoms with Gasteiger partial charge in [0, 0.05) is 23.2 Å². The Hall–Kier alpha value is -2.86. The van der Waals surface area contributed by atoms with E-state index in [1.54, 1.807) is 62.4 Å². The van der Waals surface area contributed by atoms with Gasteiger partial charge < -0.3 is 10.5 Å². The van der Waals surface area contributed by atoms with Crippen LogP contribution in [0.2, 0.25) is 5.02 Å². The number of carbonyl (C=O) groups is 2. The number of ketones is 1. The molecular weight excluding hydrogens is 354 g/mol. The lowest BCUT2D eigenvalue weighted by molar-refractivity contribution is -0.132. The fourth-order valence-electron chi connectivity index (χ4n) is 2.11. The van der Waals surface area contributed by atoms with Gasteiger partial charge in [0.2, 0.25) is 0 Å². The number of rotatable bonds is 5. The molecule has 3 N–H and O–H groups in total. The molecule has 26 heavy (non-hydrogen) atoms. The molecular formula is C19H20ClN3O3. The van der Waals surface area contributed by atoms with E-state index in [0.717, 1.165) is 0 Å². The molecule has 136 valence electrons. The smallest absolute Gasteiger partial charge is 0.270 e.